The first kappa shape index (κ1) is 19.6. The number of nitrogens with zero attached hydrogens (tertiary/aromatic N) is 3. The SMILES string of the molecule is CC(=O)Oc1ccc(/C=c2/sc3nc(=O)c(Cc4ccc(F)cc4)nn3c2=O)cc1. The van der Waals surface area contributed by atoms with Crippen molar-refractivity contribution in [2.24, 2.45) is 0 Å². The van der Waals surface area contributed by atoms with Crippen LogP contribution >= 0.6 is 11.3 Å². The molecule has 9 heteroatoms. The van der Waals surface area contributed by atoms with Gasteiger partial charge in [0.25, 0.3) is 11.1 Å². The van der Waals surface area contributed by atoms with E-state index in [1.165, 1.54) is 19.1 Å². The molecular weight excluding hydrogens is 409 g/mol. The van der Waals surface area contributed by atoms with Crippen molar-refractivity contribution in [3.63, 3.8) is 0 Å². The van der Waals surface area contributed by atoms with Gasteiger partial charge in [-0.3, -0.25) is 14.4 Å². The monoisotopic (exact) mass is 423 g/mol. The molecule has 2 aromatic heterocycles. The van der Waals surface area contributed by atoms with Crippen LogP contribution in [-0.4, -0.2) is 20.6 Å². The molecule has 2 heterocycles. The van der Waals surface area contributed by atoms with Gasteiger partial charge < -0.3 is 4.74 Å². The highest BCUT2D eigenvalue weighted by molar-refractivity contribution is 7.15. The van der Waals surface area contributed by atoms with Crippen LogP contribution in [-0.2, 0) is 11.2 Å². The van der Waals surface area contributed by atoms with E-state index in [0.717, 1.165) is 15.9 Å². The third-order valence-electron chi connectivity index (χ3n) is 4.17. The van der Waals surface area contributed by atoms with Crippen LogP contribution in [0, 0.1) is 5.82 Å². The standard InChI is InChI=1S/C21H14FN3O4S/c1-12(26)29-16-8-4-14(5-9-16)11-18-20(28)25-21(30-18)23-19(27)17(24-25)10-13-2-6-15(22)7-3-13/h2-9,11H,10H2,1H3/b18-11+. The minimum absolute atomic E-state index is 0.103. The van der Waals surface area contributed by atoms with Crippen LogP contribution in [0.1, 0.15) is 23.7 Å². The number of thiazole rings is 1. The Morgan fingerprint density at radius 1 is 1.13 bits per heavy atom. The quantitative estimate of drug-likeness (QED) is 0.367. The molecule has 0 amide bonds. The first-order valence-corrected chi connectivity index (χ1v) is 9.68. The Labute approximate surface area is 172 Å². The van der Waals surface area contributed by atoms with Crippen molar-refractivity contribution in [3.8, 4) is 5.75 Å². The average Bonchev–Trinajstić information content (AvgIpc) is 2.99. The Bertz CT molecular complexity index is 1410. The molecule has 0 saturated heterocycles. The summed E-state index contributed by atoms with van der Waals surface area (Å²) in [5, 5.41) is 4.17. The van der Waals surface area contributed by atoms with Gasteiger partial charge in [-0.2, -0.15) is 14.6 Å². The van der Waals surface area contributed by atoms with E-state index >= 15 is 0 Å². The van der Waals surface area contributed by atoms with Gasteiger partial charge in [0.2, 0.25) is 4.96 Å². The molecule has 0 radical (unpaired) electrons. The summed E-state index contributed by atoms with van der Waals surface area (Å²) < 4.78 is 19.5. The Kier molecular flexibility index (Phi) is 5.20. The van der Waals surface area contributed by atoms with Crippen LogP contribution in [0.3, 0.4) is 0 Å². The molecule has 0 atom stereocenters. The smallest absolute Gasteiger partial charge is 0.308 e. The molecule has 0 saturated carbocycles. The Morgan fingerprint density at radius 2 is 1.83 bits per heavy atom. The van der Waals surface area contributed by atoms with Gasteiger partial charge in [-0.05, 0) is 41.5 Å². The van der Waals surface area contributed by atoms with Gasteiger partial charge in [0.05, 0.1) is 4.53 Å². The highest BCUT2D eigenvalue weighted by atomic mass is 32.1. The molecule has 2 aromatic carbocycles. The van der Waals surface area contributed by atoms with Gasteiger partial charge in [-0.1, -0.05) is 35.6 Å². The van der Waals surface area contributed by atoms with Gasteiger partial charge in [0, 0.05) is 13.3 Å². The molecule has 4 rings (SSSR count). The fraction of sp³-hybridized carbons (Fsp3) is 0.0952. The number of fused-ring (bicyclic) bond motifs is 1. The van der Waals surface area contributed by atoms with Crippen LogP contribution in [0.5, 0.6) is 5.75 Å². The number of benzene rings is 2. The van der Waals surface area contributed by atoms with E-state index in [0.29, 0.717) is 21.4 Å². The fourth-order valence-corrected chi connectivity index (χ4v) is 3.70. The number of esters is 1. The molecule has 0 N–H and O–H groups in total. The summed E-state index contributed by atoms with van der Waals surface area (Å²) in [6.07, 6.45) is 1.78. The minimum Gasteiger partial charge on any atom is -0.427 e. The maximum Gasteiger partial charge on any atom is 0.308 e. The number of aromatic nitrogens is 3. The number of halogens is 1. The maximum atomic E-state index is 13.1. The molecule has 150 valence electrons. The zero-order valence-corrected chi connectivity index (χ0v) is 16.5. The molecule has 0 unspecified atom stereocenters. The number of carbonyl (C=O) groups excluding carboxylic acids is 1. The third-order valence-corrected chi connectivity index (χ3v) is 5.13. The fourth-order valence-electron chi connectivity index (χ4n) is 2.80. The van der Waals surface area contributed by atoms with E-state index in [4.69, 9.17) is 4.74 Å². The van der Waals surface area contributed by atoms with Crippen molar-refractivity contribution in [1.29, 1.82) is 0 Å². The van der Waals surface area contributed by atoms with Gasteiger partial charge in [0.15, 0.2) is 0 Å². The predicted molar refractivity (Wildman–Crippen MR) is 109 cm³/mol. The number of rotatable bonds is 4. The van der Waals surface area contributed by atoms with E-state index in [9.17, 15) is 18.8 Å². The molecular formula is C21H14FN3O4S. The van der Waals surface area contributed by atoms with Crippen LogP contribution in [0.25, 0.3) is 11.0 Å². The van der Waals surface area contributed by atoms with E-state index in [2.05, 4.69) is 10.1 Å². The van der Waals surface area contributed by atoms with Crippen molar-refractivity contribution in [1.82, 2.24) is 14.6 Å². The van der Waals surface area contributed by atoms with E-state index in [1.54, 1.807) is 42.5 Å². The Morgan fingerprint density at radius 3 is 2.50 bits per heavy atom. The molecule has 4 aromatic rings. The highest BCUT2D eigenvalue weighted by Crippen LogP contribution is 2.13. The third kappa shape index (κ3) is 4.15. The summed E-state index contributed by atoms with van der Waals surface area (Å²) >= 11 is 1.05. The average molecular weight is 423 g/mol. The second-order valence-corrected chi connectivity index (χ2v) is 7.45. The van der Waals surface area contributed by atoms with Crippen LogP contribution in [0.4, 0.5) is 4.39 Å². The number of hydrogen-bond acceptors (Lipinski definition) is 7. The van der Waals surface area contributed by atoms with Gasteiger partial charge >= 0.3 is 5.97 Å². The first-order valence-electron chi connectivity index (χ1n) is 8.86. The van der Waals surface area contributed by atoms with Crippen molar-refractivity contribution in [2.75, 3.05) is 0 Å². The van der Waals surface area contributed by atoms with Crippen LogP contribution in [0.15, 0.2) is 58.1 Å². The van der Waals surface area contributed by atoms with Gasteiger partial charge in [-0.25, -0.2) is 4.39 Å². The number of hydrogen-bond donors (Lipinski definition) is 0. The molecule has 0 aliphatic heterocycles. The lowest BCUT2D eigenvalue weighted by molar-refractivity contribution is -0.131. The van der Waals surface area contributed by atoms with Gasteiger partial charge in [-0.15, -0.1) is 0 Å². The summed E-state index contributed by atoms with van der Waals surface area (Å²) in [6, 6.07) is 12.3. The van der Waals surface area contributed by atoms with Crippen molar-refractivity contribution in [3.05, 3.63) is 96.4 Å². The normalized spacial score (nSPS) is 11.7. The Balaban J connectivity index is 1.70. The zero-order chi connectivity index (χ0) is 21.3. The summed E-state index contributed by atoms with van der Waals surface area (Å²) in [7, 11) is 0. The summed E-state index contributed by atoms with van der Waals surface area (Å²) in [4.78, 5) is 40.2. The van der Waals surface area contributed by atoms with E-state index < -0.39 is 17.1 Å². The largest absolute Gasteiger partial charge is 0.427 e. The predicted octanol–water partition coefficient (Wildman–Crippen LogP) is 1.71. The maximum absolute atomic E-state index is 13.1. The lowest BCUT2D eigenvalue weighted by Gasteiger charge is -2.00. The molecule has 0 fully saturated rings. The van der Waals surface area contributed by atoms with Gasteiger partial charge in [0.1, 0.15) is 17.3 Å². The molecule has 0 spiro atoms. The van der Waals surface area contributed by atoms with Crippen LogP contribution < -0.4 is 20.4 Å². The van der Waals surface area contributed by atoms with Crippen molar-refractivity contribution >= 4 is 28.3 Å². The van der Waals surface area contributed by atoms with Crippen molar-refractivity contribution in [2.45, 2.75) is 13.3 Å². The Hall–Kier alpha value is -3.72. The molecule has 30 heavy (non-hydrogen) atoms. The van der Waals surface area contributed by atoms with E-state index in [1.807, 2.05) is 0 Å². The molecule has 0 bridgehead atoms. The summed E-state index contributed by atoms with van der Waals surface area (Å²) in [5.41, 5.74) is 0.574. The highest BCUT2D eigenvalue weighted by Gasteiger charge is 2.12. The zero-order valence-electron chi connectivity index (χ0n) is 15.7. The first-order chi connectivity index (χ1) is 14.4. The summed E-state index contributed by atoms with van der Waals surface area (Å²) in [6.45, 7) is 1.31. The topological polar surface area (TPSA) is 90.6 Å². The molecule has 0 aliphatic rings. The van der Waals surface area contributed by atoms with E-state index in [-0.39, 0.29) is 22.9 Å². The number of carbonyl (C=O) groups is 1. The molecule has 7 nitrogen and oxygen atoms in total. The van der Waals surface area contributed by atoms with Crippen molar-refractivity contribution < 1.29 is 13.9 Å². The minimum atomic E-state index is -0.530. The lowest BCUT2D eigenvalue weighted by Crippen LogP contribution is -2.28. The number of ether oxygens (including phenoxy) is 1. The second kappa shape index (κ2) is 7.96. The lowest BCUT2D eigenvalue weighted by atomic mass is 10.1. The molecule has 0 aliphatic carbocycles. The second-order valence-electron chi connectivity index (χ2n) is 6.44. The van der Waals surface area contributed by atoms with Crippen LogP contribution in [0.2, 0.25) is 0 Å². The summed E-state index contributed by atoms with van der Waals surface area (Å²) in [5.74, 6) is -0.397.